The van der Waals surface area contributed by atoms with E-state index in [1.807, 2.05) is 13.0 Å². The minimum absolute atomic E-state index is 0.279. The van der Waals surface area contributed by atoms with Gasteiger partial charge in [-0.25, -0.2) is 4.79 Å². The lowest BCUT2D eigenvalue weighted by Crippen LogP contribution is -2.11. The number of nitrogens with zero attached hydrogens (tertiary/aromatic N) is 1. The molecule has 3 nitrogen and oxygen atoms in total. The highest BCUT2D eigenvalue weighted by Crippen LogP contribution is 2.22. The number of aromatic amines is 1. The molecule has 1 N–H and O–H groups in total. The van der Waals surface area contributed by atoms with E-state index in [2.05, 4.69) is 42.0 Å². The smallest absolute Gasteiger partial charge is 0.310 e. The average molecular weight is 260 g/mol. The van der Waals surface area contributed by atoms with Crippen LogP contribution in [0.1, 0.15) is 22.4 Å². The van der Waals surface area contributed by atoms with Gasteiger partial charge in [0.05, 0.1) is 0 Å². The lowest BCUT2D eigenvalue weighted by atomic mass is 10.1. The Morgan fingerprint density at radius 1 is 1.22 bits per heavy atom. The topological polar surface area (TPSA) is 45.8 Å². The average Bonchev–Trinajstić information content (AvgIpc) is 2.29. The fraction of sp³-hybridized carbons (Fsp3) is 0.286. The van der Waals surface area contributed by atoms with Crippen molar-refractivity contribution in [2.75, 3.05) is 0 Å². The second-order valence-corrected chi connectivity index (χ2v) is 5.42. The van der Waals surface area contributed by atoms with Crippen LogP contribution in [-0.2, 0) is 5.75 Å². The first kappa shape index (κ1) is 12.9. The third-order valence-corrected chi connectivity index (χ3v) is 3.70. The van der Waals surface area contributed by atoms with Gasteiger partial charge in [-0.05, 0) is 38.0 Å². The highest BCUT2D eigenvalue weighted by atomic mass is 32.2. The van der Waals surface area contributed by atoms with E-state index in [0.29, 0.717) is 0 Å². The first-order valence-corrected chi connectivity index (χ1v) is 6.80. The SMILES string of the molecule is Cc1ccc(C)c(CSc2cc(C)[nH]c(=O)n2)c1. The number of thioether (sulfide) groups is 1. The number of benzene rings is 1. The maximum atomic E-state index is 11.3. The van der Waals surface area contributed by atoms with E-state index in [9.17, 15) is 4.79 Å². The van der Waals surface area contributed by atoms with Gasteiger partial charge in [0.25, 0.3) is 0 Å². The largest absolute Gasteiger partial charge is 0.346 e. The third-order valence-electron chi connectivity index (χ3n) is 2.74. The minimum Gasteiger partial charge on any atom is -0.310 e. The predicted octanol–water partition coefficient (Wildman–Crippen LogP) is 2.99. The van der Waals surface area contributed by atoms with Crippen LogP contribution >= 0.6 is 11.8 Å². The molecule has 0 saturated carbocycles. The van der Waals surface area contributed by atoms with Crippen molar-refractivity contribution in [3.63, 3.8) is 0 Å². The van der Waals surface area contributed by atoms with Gasteiger partial charge in [-0.3, -0.25) is 0 Å². The van der Waals surface area contributed by atoms with Crippen LogP contribution in [0, 0.1) is 20.8 Å². The van der Waals surface area contributed by atoms with Crippen molar-refractivity contribution in [1.82, 2.24) is 9.97 Å². The summed E-state index contributed by atoms with van der Waals surface area (Å²) in [4.78, 5) is 17.9. The quantitative estimate of drug-likeness (QED) is 0.681. The maximum Gasteiger partial charge on any atom is 0.346 e. The zero-order valence-electron chi connectivity index (χ0n) is 10.8. The molecule has 0 spiro atoms. The Bertz CT molecular complexity index is 619. The summed E-state index contributed by atoms with van der Waals surface area (Å²) in [5.74, 6) is 0.837. The molecule has 1 heterocycles. The second kappa shape index (κ2) is 5.40. The van der Waals surface area contributed by atoms with Crippen LogP contribution in [0.15, 0.2) is 34.1 Å². The maximum absolute atomic E-state index is 11.3. The standard InChI is InChI=1S/C14H16N2OS/c1-9-4-5-10(2)12(6-9)8-18-13-7-11(3)15-14(17)16-13/h4-7H,8H2,1-3H3,(H,15,16,17). The van der Waals surface area contributed by atoms with Crippen LogP contribution in [0.5, 0.6) is 0 Å². The van der Waals surface area contributed by atoms with E-state index in [-0.39, 0.29) is 5.69 Å². The molecule has 0 bridgehead atoms. The molecule has 2 aromatic rings. The van der Waals surface area contributed by atoms with Gasteiger partial charge in [-0.2, -0.15) is 4.98 Å². The van der Waals surface area contributed by atoms with E-state index in [0.717, 1.165) is 16.5 Å². The molecular weight excluding hydrogens is 244 g/mol. The zero-order chi connectivity index (χ0) is 13.1. The molecule has 2 rings (SSSR count). The molecule has 1 aromatic heterocycles. The molecule has 0 aliphatic carbocycles. The molecule has 4 heteroatoms. The molecule has 0 atom stereocenters. The van der Waals surface area contributed by atoms with Gasteiger partial charge in [0.1, 0.15) is 5.03 Å². The van der Waals surface area contributed by atoms with Crippen LogP contribution in [-0.4, -0.2) is 9.97 Å². The molecule has 0 saturated heterocycles. The number of nitrogens with one attached hydrogen (secondary N) is 1. The van der Waals surface area contributed by atoms with E-state index in [1.165, 1.54) is 16.7 Å². The Hall–Kier alpha value is -1.55. The molecule has 0 amide bonds. The van der Waals surface area contributed by atoms with Crippen molar-refractivity contribution < 1.29 is 0 Å². The summed E-state index contributed by atoms with van der Waals surface area (Å²) < 4.78 is 0. The monoisotopic (exact) mass is 260 g/mol. The lowest BCUT2D eigenvalue weighted by Gasteiger charge is -2.06. The molecule has 0 radical (unpaired) electrons. The van der Waals surface area contributed by atoms with Gasteiger partial charge >= 0.3 is 5.69 Å². The van der Waals surface area contributed by atoms with Crippen molar-refractivity contribution in [3.8, 4) is 0 Å². The summed E-state index contributed by atoms with van der Waals surface area (Å²) >= 11 is 1.59. The van der Waals surface area contributed by atoms with Gasteiger partial charge in [0.15, 0.2) is 0 Å². The van der Waals surface area contributed by atoms with Gasteiger partial charge in [-0.1, -0.05) is 23.8 Å². The summed E-state index contributed by atoms with van der Waals surface area (Å²) in [6.07, 6.45) is 0. The van der Waals surface area contributed by atoms with Crippen LogP contribution in [0.3, 0.4) is 0 Å². The Morgan fingerprint density at radius 3 is 2.72 bits per heavy atom. The van der Waals surface area contributed by atoms with Gasteiger partial charge in [0, 0.05) is 11.4 Å². The predicted molar refractivity (Wildman–Crippen MR) is 75.1 cm³/mol. The summed E-state index contributed by atoms with van der Waals surface area (Å²) in [5.41, 5.74) is 4.39. The number of aryl methyl sites for hydroxylation is 3. The molecular formula is C14H16N2OS. The van der Waals surface area contributed by atoms with Crippen molar-refractivity contribution >= 4 is 11.8 Å². The minimum atomic E-state index is -0.279. The van der Waals surface area contributed by atoms with Crippen molar-refractivity contribution in [2.24, 2.45) is 0 Å². The number of hydrogen-bond donors (Lipinski definition) is 1. The summed E-state index contributed by atoms with van der Waals surface area (Å²) in [5, 5.41) is 0.775. The van der Waals surface area contributed by atoms with Crippen molar-refractivity contribution in [3.05, 3.63) is 57.1 Å². The van der Waals surface area contributed by atoms with Crippen LogP contribution in [0.2, 0.25) is 0 Å². The van der Waals surface area contributed by atoms with Crippen LogP contribution < -0.4 is 5.69 Å². The number of hydrogen-bond acceptors (Lipinski definition) is 3. The number of rotatable bonds is 3. The number of aromatic nitrogens is 2. The lowest BCUT2D eigenvalue weighted by molar-refractivity contribution is 0.944. The molecule has 0 aliphatic rings. The van der Waals surface area contributed by atoms with Gasteiger partial charge in [-0.15, -0.1) is 11.8 Å². The Kier molecular flexibility index (Phi) is 3.87. The Morgan fingerprint density at radius 2 is 2.00 bits per heavy atom. The van der Waals surface area contributed by atoms with E-state index in [1.54, 1.807) is 11.8 Å². The van der Waals surface area contributed by atoms with E-state index in [4.69, 9.17) is 0 Å². The third kappa shape index (κ3) is 3.23. The zero-order valence-corrected chi connectivity index (χ0v) is 11.6. The molecule has 94 valence electrons. The summed E-state index contributed by atoms with van der Waals surface area (Å²) in [7, 11) is 0. The first-order valence-electron chi connectivity index (χ1n) is 5.81. The number of H-pyrrole nitrogens is 1. The van der Waals surface area contributed by atoms with Crippen molar-refractivity contribution in [2.45, 2.75) is 31.6 Å². The first-order chi connectivity index (χ1) is 8.54. The molecule has 0 aliphatic heterocycles. The van der Waals surface area contributed by atoms with Crippen LogP contribution in [0.4, 0.5) is 0 Å². The molecule has 0 fully saturated rings. The van der Waals surface area contributed by atoms with Gasteiger partial charge < -0.3 is 4.98 Å². The molecule has 18 heavy (non-hydrogen) atoms. The van der Waals surface area contributed by atoms with E-state index < -0.39 is 0 Å². The summed E-state index contributed by atoms with van der Waals surface area (Å²) in [6.45, 7) is 6.06. The van der Waals surface area contributed by atoms with Gasteiger partial charge in [0.2, 0.25) is 0 Å². The van der Waals surface area contributed by atoms with Crippen LogP contribution in [0.25, 0.3) is 0 Å². The van der Waals surface area contributed by atoms with E-state index >= 15 is 0 Å². The molecule has 0 unspecified atom stereocenters. The Balaban J connectivity index is 2.16. The molecule has 1 aromatic carbocycles. The Labute approximate surface area is 111 Å². The summed E-state index contributed by atoms with van der Waals surface area (Å²) in [6, 6.07) is 8.32. The highest BCUT2D eigenvalue weighted by Gasteiger charge is 2.03. The fourth-order valence-electron chi connectivity index (χ4n) is 1.73. The highest BCUT2D eigenvalue weighted by molar-refractivity contribution is 7.98. The fourth-order valence-corrected chi connectivity index (χ4v) is 2.75. The van der Waals surface area contributed by atoms with Crippen molar-refractivity contribution in [1.29, 1.82) is 0 Å². The normalized spacial score (nSPS) is 10.6. The second-order valence-electron chi connectivity index (χ2n) is 4.43.